The van der Waals surface area contributed by atoms with E-state index in [1.807, 2.05) is 11.8 Å². The van der Waals surface area contributed by atoms with Gasteiger partial charge in [0.15, 0.2) is 0 Å². The third-order valence-electron chi connectivity index (χ3n) is 3.43. The second-order valence-corrected chi connectivity index (χ2v) is 6.94. The minimum Gasteiger partial charge on any atom is -0.376 e. The second kappa shape index (κ2) is 5.02. The highest BCUT2D eigenvalue weighted by molar-refractivity contribution is 7.99. The third-order valence-corrected chi connectivity index (χ3v) is 4.43. The third kappa shape index (κ3) is 2.75. The predicted molar refractivity (Wildman–Crippen MR) is 88.4 cm³/mol. The minimum absolute atomic E-state index is 0.0329. The highest BCUT2D eigenvalue weighted by atomic mass is 32.2. The minimum atomic E-state index is 0.0329. The van der Waals surface area contributed by atoms with Crippen molar-refractivity contribution < 1.29 is 0 Å². The van der Waals surface area contributed by atoms with Crippen LogP contribution in [0.1, 0.15) is 26.3 Å². The fraction of sp³-hybridized carbons (Fsp3) is 0.222. The molecule has 0 spiro atoms. The van der Waals surface area contributed by atoms with Crippen LogP contribution < -0.4 is 5.32 Å². The number of rotatable bonds is 2. The first-order valence-corrected chi connectivity index (χ1v) is 7.70. The van der Waals surface area contributed by atoms with Crippen molar-refractivity contribution in [2.45, 2.75) is 36.1 Å². The Hall–Kier alpha value is -1.67. The van der Waals surface area contributed by atoms with Gasteiger partial charge in [-0.05, 0) is 56.7 Å². The monoisotopic (exact) mass is 281 g/mol. The number of anilines is 1. The molecule has 2 aromatic carbocycles. The molecule has 0 fully saturated rings. The van der Waals surface area contributed by atoms with Crippen LogP contribution >= 0.6 is 11.8 Å². The first-order chi connectivity index (χ1) is 9.53. The summed E-state index contributed by atoms with van der Waals surface area (Å²) in [6.07, 6.45) is 2.30. The van der Waals surface area contributed by atoms with Gasteiger partial charge >= 0.3 is 0 Å². The Morgan fingerprint density at radius 1 is 0.950 bits per heavy atom. The molecule has 0 unspecified atom stereocenters. The molecule has 3 rings (SSSR count). The summed E-state index contributed by atoms with van der Waals surface area (Å²) in [7, 11) is 0. The van der Waals surface area contributed by atoms with Crippen LogP contribution in [0.25, 0.3) is 5.57 Å². The van der Waals surface area contributed by atoms with Crippen LogP contribution in [0.3, 0.4) is 0 Å². The van der Waals surface area contributed by atoms with Crippen LogP contribution in [0.15, 0.2) is 64.4 Å². The van der Waals surface area contributed by atoms with E-state index in [0.29, 0.717) is 0 Å². The van der Waals surface area contributed by atoms with Crippen molar-refractivity contribution in [2.75, 3.05) is 5.32 Å². The molecule has 0 saturated heterocycles. The van der Waals surface area contributed by atoms with Gasteiger partial charge in [-0.25, -0.2) is 0 Å². The molecule has 20 heavy (non-hydrogen) atoms. The Balaban J connectivity index is 1.93. The van der Waals surface area contributed by atoms with E-state index < -0.39 is 0 Å². The maximum atomic E-state index is 3.57. The summed E-state index contributed by atoms with van der Waals surface area (Å²) in [6, 6.07) is 17.2. The molecule has 1 aliphatic rings. The molecule has 0 aliphatic carbocycles. The highest BCUT2D eigenvalue weighted by Crippen LogP contribution is 2.37. The lowest BCUT2D eigenvalue weighted by atomic mass is 9.91. The topological polar surface area (TPSA) is 12.0 Å². The van der Waals surface area contributed by atoms with Gasteiger partial charge in [0.2, 0.25) is 0 Å². The number of fused-ring (bicyclic) bond motifs is 1. The van der Waals surface area contributed by atoms with Crippen molar-refractivity contribution in [3.63, 3.8) is 0 Å². The van der Waals surface area contributed by atoms with Crippen molar-refractivity contribution >= 4 is 23.0 Å². The number of benzene rings is 2. The molecule has 0 saturated carbocycles. The lowest BCUT2D eigenvalue weighted by molar-refractivity contribution is 0.707. The van der Waals surface area contributed by atoms with Gasteiger partial charge in [-0.15, -0.1) is 0 Å². The second-order valence-electron chi connectivity index (χ2n) is 5.80. The van der Waals surface area contributed by atoms with Gasteiger partial charge in [0.25, 0.3) is 0 Å². The molecule has 0 radical (unpaired) electrons. The highest BCUT2D eigenvalue weighted by Gasteiger charge is 2.22. The molecule has 0 amide bonds. The SMILES string of the molecule is CC1=CC(C)(C)Nc2ccc(Sc3ccccc3)cc21. The predicted octanol–water partition coefficient (Wildman–Crippen LogP) is 5.45. The van der Waals surface area contributed by atoms with Gasteiger partial charge in [-0.2, -0.15) is 0 Å². The number of hydrogen-bond donors (Lipinski definition) is 1. The summed E-state index contributed by atoms with van der Waals surface area (Å²) in [6.45, 7) is 6.59. The van der Waals surface area contributed by atoms with E-state index in [0.717, 1.165) is 0 Å². The lowest BCUT2D eigenvalue weighted by Gasteiger charge is -2.31. The molecule has 1 heterocycles. The van der Waals surface area contributed by atoms with E-state index in [2.05, 4.69) is 80.7 Å². The zero-order chi connectivity index (χ0) is 14.2. The Kier molecular flexibility index (Phi) is 3.35. The van der Waals surface area contributed by atoms with Gasteiger partial charge in [0, 0.05) is 21.0 Å². The van der Waals surface area contributed by atoms with Crippen molar-refractivity contribution in [1.82, 2.24) is 0 Å². The fourth-order valence-electron chi connectivity index (χ4n) is 2.65. The van der Waals surface area contributed by atoms with Crippen LogP contribution in [-0.2, 0) is 0 Å². The van der Waals surface area contributed by atoms with Gasteiger partial charge in [0.1, 0.15) is 0 Å². The van der Waals surface area contributed by atoms with Crippen molar-refractivity contribution in [3.05, 3.63) is 60.2 Å². The molecule has 2 heteroatoms. The summed E-state index contributed by atoms with van der Waals surface area (Å²) in [5.41, 5.74) is 3.92. The molecule has 2 aromatic rings. The van der Waals surface area contributed by atoms with Crippen LogP contribution in [0, 0.1) is 0 Å². The van der Waals surface area contributed by atoms with E-state index in [1.165, 1.54) is 26.6 Å². The number of nitrogens with one attached hydrogen (secondary N) is 1. The summed E-state index contributed by atoms with van der Waals surface area (Å²) >= 11 is 1.81. The number of allylic oxidation sites excluding steroid dienone is 1. The smallest absolute Gasteiger partial charge is 0.0505 e. The normalized spacial score (nSPS) is 16.1. The maximum absolute atomic E-state index is 3.57. The molecular formula is C18H19NS. The molecular weight excluding hydrogens is 262 g/mol. The van der Waals surface area contributed by atoms with E-state index >= 15 is 0 Å². The average molecular weight is 281 g/mol. The Morgan fingerprint density at radius 3 is 2.45 bits per heavy atom. The van der Waals surface area contributed by atoms with Gasteiger partial charge in [0.05, 0.1) is 5.54 Å². The fourth-order valence-corrected chi connectivity index (χ4v) is 3.53. The van der Waals surface area contributed by atoms with E-state index in [9.17, 15) is 0 Å². The van der Waals surface area contributed by atoms with Crippen LogP contribution in [-0.4, -0.2) is 5.54 Å². The van der Waals surface area contributed by atoms with Gasteiger partial charge in [-0.1, -0.05) is 36.0 Å². The first-order valence-electron chi connectivity index (χ1n) is 6.88. The van der Waals surface area contributed by atoms with Crippen molar-refractivity contribution in [3.8, 4) is 0 Å². The molecule has 1 nitrogen and oxygen atoms in total. The van der Waals surface area contributed by atoms with E-state index in [4.69, 9.17) is 0 Å². The quantitative estimate of drug-likeness (QED) is 0.786. The van der Waals surface area contributed by atoms with E-state index in [-0.39, 0.29) is 5.54 Å². The van der Waals surface area contributed by atoms with Crippen LogP contribution in [0.2, 0.25) is 0 Å². The zero-order valence-electron chi connectivity index (χ0n) is 12.1. The molecule has 0 atom stereocenters. The Labute approximate surface area is 125 Å². The summed E-state index contributed by atoms with van der Waals surface area (Å²) in [5.74, 6) is 0. The zero-order valence-corrected chi connectivity index (χ0v) is 12.9. The van der Waals surface area contributed by atoms with Crippen molar-refractivity contribution in [1.29, 1.82) is 0 Å². The van der Waals surface area contributed by atoms with E-state index in [1.54, 1.807) is 0 Å². The largest absolute Gasteiger partial charge is 0.376 e. The standard InChI is InChI=1S/C18H19NS/c1-13-12-18(2,3)19-17-10-9-15(11-16(13)17)20-14-7-5-4-6-8-14/h4-12,19H,1-3H3. The summed E-state index contributed by atoms with van der Waals surface area (Å²) in [5, 5.41) is 3.57. The van der Waals surface area contributed by atoms with Crippen LogP contribution in [0.5, 0.6) is 0 Å². The summed E-state index contributed by atoms with van der Waals surface area (Å²) < 4.78 is 0. The van der Waals surface area contributed by atoms with Gasteiger partial charge in [-0.3, -0.25) is 0 Å². The Morgan fingerprint density at radius 2 is 1.70 bits per heavy atom. The van der Waals surface area contributed by atoms with Crippen LogP contribution in [0.4, 0.5) is 5.69 Å². The molecule has 102 valence electrons. The molecule has 1 aliphatic heterocycles. The maximum Gasteiger partial charge on any atom is 0.0505 e. The first kappa shape index (κ1) is 13.3. The molecule has 0 bridgehead atoms. The molecule has 0 aromatic heterocycles. The lowest BCUT2D eigenvalue weighted by Crippen LogP contribution is -2.31. The number of hydrogen-bond acceptors (Lipinski definition) is 2. The molecule has 1 N–H and O–H groups in total. The van der Waals surface area contributed by atoms with Gasteiger partial charge < -0.3 is 5.32 Å². The Bertz CT molecular complexity index is 656. The summed E-state index contributed by atoms with van der Waals surface area (Å²) in [4.78, 5) is 2.56. The van der Waals surface area contributed by atoms with Crippen molar-refractivity contribution in [2.24, 2.45) is 0 Å². The average Bonchev–Trinajstić information content (AvgIpc) is 2.40.